The summed E-state index contributed by atoms with van der Waals surface area (Å²) in [6, 6.07) is 6.85. The lowest BCUT2D eigenvalue weighted by Crippen LogP contribution is -2.24. The summed E-state index contributed by atoms with van der Waals surface area (Å²) >= 11 is 6.09. The monoisotopic (exact) mass is 268 g/mol. The lowest BCUT2D eigenvalue weighted by atomic mass is 10.1. The van der Waals surface area contributed by atoms with Crippen molar-refractivity contribution in [3.8, 4) is 0 Å². The van der Waals surface area contributed by atoms with Crippen LogP contribution >= 0.6 is 11.6 Å². The number of hydrogen-bond donors (Lipinski definition) is 1. The first kappa shape index (κ1) is 13.7. The minimum Gasteiger partial charge on any atom is -0.383 e. The first-order valence-electron chi connectivity index (χ1n) is 6.43. The van der Waals surface area contributed by atoms with E-state index in [0.29, 0.717) is 6.04 Å². The van der Waals surface area contributed by atoms with Crippen LogP contribution < -0.4 is 10.2 Å². The normalized spacial score (nSPS) is 14.8. The van der Waals surface area contributed by atoms with E-state index in [9.17, 15) is 0 Å². The number of benzene rings is 1. The largest absolute Gasteiger partial charge is 0.383 e. The molecule has 0 unspecified atom stereocenters. The molecule has 1 aliphatic rings. The Morgan fingerprint density at radius 1 is 1.44 bits per heavy atom. The van der Waals surface area contributed by atoms with Crippen LogP contribution in [0.5, 0.6) is 0 Å². The highest BCUT2D eigenvalue weighted by atomic mass is 35.5. The molecule has 0 radical (unpaired) electrons. The molecule has 1 fully saturated rings. The van der Waals surface area contributed by atoms with Crippen molar-refractivity contribution in [1.82, 2.24) is 5.32 Å². The maximum atomic E-state index is 6.09. The van der Waals surface area contributed by atoms with Crippen LogP contribution in [0, 0.1) is 0 Å². The molecule has 100 valence electrons. The van der Waals surface area contributed by atoms with Gasteiger partial charge in [-0.05, 0) is 36.6 Å². The smallest absolute Gasteiger partial charge is 0.0587 e. The van der Waals surface area contributed by atoms with Crippen molar-refractivity contribution in [1.29, 1.82) is 0 Å². The molecule has 0 heterocycles. The molecule has 18 heavy (non-hydrogen) atoms. The van der Waals surface area contributed by atoms with Gasteiger partial charge in [-0.25, -0.2) is 0 Å². The fourth-order valence-corrected chi connectivity index (χ4v) is 2.29. The Labute approximate surface area is 114 Å². The SMILES string of the molecule is COCCNCc1cc(Cl)ccc1N(C)C1CC1. The molecule has 0 aliphatic heterocycles. The minimum absolute atomic E-state index is 0.712. The first-order chi connectivity index (χ1) is 8.72. The van der Waals surface area contributed by atoms with Crippen molar-refractivity contribution in [2.45, 2.75) is 25.4 Å². The van der Waals surface area contributed by atoms with Gasteiger partial charge in [-0.2, -0.15) is 0 Å². The molecule has 0 atom stereocenters. The fraction of sp³-hybridized carbons (Fsp3) is 0.571. The first-order valence-corrected chi connectivity index (χ1v) is 6.81. The van der Waals surface area contributed by atoms with Crippen LogP contribution in [0.4, 0.5) is 5.69 Å². The number of halogens is 1. The van der Waals surface area contributed by atoms with Gasteiger partial charge in [0.1, 0.15) is 0 Å². The number of hydrogen-bond acceptors (Lipinski definition) is 3. The van der Waals surface area contributed by atoms with Crippen molar-refractivity contribution in [3.63, 3.8) is 0 Å². The van der Waals surface area contributed by atoms with Gasteiger partial charge in [0.05, 0.1) is 6.61 Å². The Bertz CT molecular complexity index is 393. The van der Waals surface area contributed by atoms with Crippen molar-refractivity contribution in [2.75, 3.05) is 32.2 Å². The molecular weight excluding hydrogens is 248 g/mol. The number of rotatable bonds is 7. The molecule has 0 spiro atoms. The van der Waals surface area contributed by atoms with Crippen LogP contribution in [0.1, 0.15) is 18.4 Å². The predicted molar refractivity (Wildman–Crippen MR) is 76.5 cm³/mol. The lowest BCUT2D eigenvalue weighted by molar-refractivity contribution is 0.199. The van der Waals surface area contributed by atoms with Crippen LogP contribution in [-0.4, -0.2) is 33.4 Å². The Morgan fingerprint density at radius 3 is 2.89 bits per heavy atom. The van der Waals surface area contributed by atoms with Gasteiger partial charge >= 0.3 is 0 Å². The van der Waals surface area contributed by atoms with E-state index in [-0.39, 0.29) is 0 Å². The fourth-order valence-electron chi connectivity index (χ4n) is 2.10. The van der Waals surface area contributed by atoms with Gasteiger partial charge in [0.15, 0.2) is 0 Å². The third-order valence-corrected chi connectivity index (χ3v) is 3.55. The number of anilines is 1. The minimum atomic E-state index is 0.712. The molecule has 3 nitrogen and oxygen atoms in total. The predicted octanol–water partition coefficient (Wildman–Crippen LogP) is 2.67. The lowest BCUT2D eigenvalue weighted by Gasteiger charge is -2.22. The summed E-state index contributed by atoms with van der Waals surface area (Å²) in [5.74, 6) is 0. The van der Waals surface area contributed by atoms with E-state index in [4.69, 9.17) is 16.3 Å². The summed E-state index contributed by atoms with van der Waals surface area (Å²) in [4.78, 5) is 2.36. The average Bonchev–Trinajstić information content (AvgIpc) is 3.18. The number of ether oxygens (including phenoxy) is 1. The Kier molecular flexibility index (Phi) is 4.87. The highest BCUT2D eigenvalue weighted by Gasteiger charge is 2.27. The molecule has 0 bridgehead atoms. The summed E-state index contributed by atoms with van der Waals surface area (Å²) in [7, 11) is 3.88. The van der Waals surface area contributed by atoms with E-state index >= 15 is 0 Å². The summed E-state index contributed by atoms with van der Waals surface area (Å²) in [5.41, 5.74) is 2.54. The van der Waals surface area contributed by atoms with E-state index < -0.39 is 0 Å². The topological polar surface area (TPSA) is 24.5 Å². The van der Waals surface area contributed by atoms with Crippen LogP contribution in [0.2, 0.25) is 5.02 Å². The molecule has 0 amide bonds. The molecule has 1 aromatic carbocycles. The highest BCUT2D eigenvalue weighted by molar-refractivity contribution is 6.30. The number of nitrogens with zero attached hydrogens (tertiary/aromatic N) is 1. The van der Waals surface area contributed by atoms with Gasteiger partial charge in [-0.3, -0.25) is 0 Å². The van der Waals surface area contributed by atoms with Gasteiger partial charge in [0.2, 0.25) is 0 Å². The molecule has 1 N–H and O–H groups in total. The number of methoxy groups -OCH3 is 1. The maximum Gasteiger partial charge on any atom is 0.0587 e. The van der Waals surface area contributed by atoms with Gasteiger partial charge in [0, 0.05) is 44.0 Å². The second-order valence-electron chi connectivity index (χ2n) is 4.78. The summed E-state index contributed by atoms with van der Waals surface area (Å²) in [6.07, 6.45) is 2.60. The Morgan fingerprint density at radius 2 is 2.22 bits per heavy atom. The summed E-state index contributed by atoms with van der Waals surface area (Å²) < 4.78 is 5.03. The Balaban J connectivity index is 2.03. The van der Waals surface area contributed by atoms with E-state index in [0.717, 1.165) is 24.7 Å². The molecule has 1 aromatic rings. The number of nitrogens with one attached hydrogen (secondary N) is 1. The van der Waals surface area contributed by atoms with Crippen LogP contribution in [-0.2, 0) is 11.3 Å². The zero-order chi connectivity index (χ0) is 13.0. The van der Waals surface area contributed by atoms with Gasteiger partial charge < -0.3 is 15.0 Å². The summed E-state index contributed by atoms with van der Waals surface area (Å²) in [5, 5.41) is 4.17. The van der Waals surface area contributed by atoms with E-state index in [1.165, 1.54) is 24.1 Å². The van der Waals surface area contributed by atoms with Gasteiger partial charge in [-0.15, -0.1) is 0 Å². The third kappa shape index (κ3) is 3.61. The average molecular weight is 269 g/mol. The maximum absolute atomic E-state index is 6.09. The van der Waals surface area contributed by atoms with Crippen molar-refractivity contribution >= 4 is 17.3 Å². The molecule has 1 saturated carbocycles. The van der Waals surface area contributed by atoms with Gasteiger partial charge in [-0.1, -0.05) is 11.6 Å². The van der Waals surface area contributed by atoms with Crippen molar-refractivity contribution < 1.29 is 4.74 Å². The van der Waals surface area contributed by atoms with Crippen molar-refractivity contribution in [2.24, 2.45) is 0 Å². The van der Waals surface area contributed by atoms with Crippen LogP contribution in [0.3, 0.4) is 0 Å². The third-order valence-electron chi connectivity index (χ3n) is 3.31. The van der Waals surface area contributed by atoms with E-state index in [1.54, 1.807) is 7.11 Å². The van der Waals surface area contributed by atoms with Gasteiger partial charge in [0.25, 0.3) is 0 Å². The molecule has 4 heteroatoms. The second kappa shape index (κ2) is 6.41. The van der Waals surface area contributed by atoms with Crippen molar-refractivity contribution in [3.05, 3.63) is 28.8 Å². The molecule has 2 rings (SSSR count). The quantitative estimate of drug-likeness (QED) is 0.770. The zero-order valence-electron chi connectivity index (χ0n) is 11.1. The van der Waals surface area contributed by atoms with E-state index in [1.807, 2.05) is 6.07 Å². The van der Waals surface area contributed by atoms with E-state index in [2.05, 4.69) is 29.4 Å². The Hall–Kier alpha value is -0.770. The summed E-state index contributed by atoms with van der Waals surface area (Å²) in [6.45, 7) is 2.42. The molecule has 0 aromatic heterocycles. The van der Waals surface area contributed by atoms with Crippen LogP contribution in [0.15, 0.2) is 18.2 Å². The molecule has 1 aliphatic carbocycles. The molecular formula is C14H21ClN2O. The second-order valence-corrected chi connectivity index (χ2v) is 5.22. The van der Waals surface area contributed by atoms with Crippen LogP contribution in [0.25, 0.3) is 0 Å². The zero-order valence-corrected chi connectivity index (χ0v) is 11.8. The molecule has 0 saturated heterocycles. The highest BCUT2D eigenvalue weighted by Crippen LogP contribution is 2.33. The standard InChI is InChI=1S/C14H21ClN2O/c1-17(13-4-5-13)14-6-3-12(15)9-11(14)10-16-7-8-18-2/h3,6,9,13,16H,4-5,7-8,10H2,1-2H3.